The standard InChI is InChI=1S/C49H99N7O12Si2/c1-13-63-69(64-14-2,65-15-3)31-23-28-52-43(58)54-30-25-49(12)35-41(33-47(9,10)37-49)56-45(60)62-39-61-44(59)55-40-32-46(7,8)36-48(11,34-40)24-29-53-42(57)51-27-22-20-19-21-26-50-38-70(66-16-4,67-17-5)68-18-6/h40-41,50H,13-39H2,1-12H3,(H,55,59)(H,56,60)(H2,51,53,57)(H2,52,54,58). The van der Waals surface area contributed by atoms with Gasteiger partial charge < -0.3 is 73.2 Å². The van der Waals surface area contributed by atoms with Crippen LogP contribution in [0, 0.1) is 21.7 Å². The van der Waals surface area contributed by atoms with E-state index in [0.717, 1.165) is 83.6 Å². The first-order valence-electron chi connectivity index (χ1n) is 26.6. The van der Waals surface area contributed by atoms with E-state index in [9.17, 15) is 19.2 Å². The van der Waals surface area contributed by atoms with Gasteiger partial charge in [-0.15, -0.1) is 0 Å². The molecule has 0 radical (unpaired) electrons. The number of carbonyl (C=O) groups excluding carboxylic acids is 4. The molecule has 4 atom stereocenters. The number of unbranched alkanes of at least 4 members (excludes halogenated alkanes) is 3. The second kappa shape index (κ2) is 32.4. The van der Waals surface area contributed by atoms with E-state index in [-0.39, 0.29) is 45.8 Å². The SMILES string of the molecule is CCO[Si](CCCNC(=O)NCCC1(C)CC(NC(=O)OCOC(=O)NC2CC(C)(C)CC(C)(CCNC(=O)NCCCCCCNC[Si](OCC)(OCC)OCC)C2)CC(C)(C)C1)(OCC)OCC. The molecule has 0 bridgehead atoms. The molecule has 0 aromatic heterocycles. The van der Waals surface area contributed by atoms with Gasteiger partial charge in [0.15, 0.2) is 0 Å². The van der Waals surface area contributed by atoms with Gasteiger partial charge in [-0.25, -0.2) is 19.2 Å². The van der Waals surface area contributed by atoms with Gasteiger partial charge in [-0.2, -0.15) is 0 Å². The Morgan fingerprint density at radius 1 is 0.471 bits per heavy atom. The maximum Gasteiger partial charge on any atom is 0.515 e. The van der Waals surface area contributed by atoms with Crippen molar-refractivity contribution in [3.63, 3.8) is 0 Å². The monoisotopic (exact) mass is 1030 g/mol. The smallest absolute Gasteiger partial charge is 0.412 e. The summed E-state index contributed by atoms with van der Waals surface area (Å²) in [4.78, 5) is 51.2. The predicted molar refractivity (Wildman–Crippen MR) is 277 cm³/mol. The summed E-state index contributed by atoms with van der Waals surface area (Å²) in [6, 6.07) is -0.0589. The molecule has 0 saturated heterocycles. The summed E-state index contributed by atoms with van der Waals surface area (Å²) in [7, 11) is -5.44. The molecule has 2 aliphatic rings. The number of hydrogen-bond acceptors (Lipinski definition) is 13. The highest BCUT2D eigenvalue weighted by Gasteiger charge is 2.44. The van der Waals surface area contributed by atoms with Gasteiger partial charge in [0.1, 0.15) is 0 Å². The summed E-state index contributed by atoms with van der Waals surface area (Å²) in [5, 5.41) is 21.4. The highest BCUT2D eigenvalue weighted by Crippen LogP contribution is 2.49. The molecule has 6 amide bonds. The first kappa shape index (κ1) is 63.4. The van der Waals surface area contributed by atoms with Gasteiger partial charge in [-0.05, 0) is 140 Å². The molecule has 0 spiro atoms. The molecule has 2 fully saturated rings. The minimum atomic E-state index is -2.76. The van der Waals surface area contributed by atoms with Crippen molar-refractivity contribution in [1.29, 1.82) is 0 Å². The summed E-state index contributed by atoms with van der Waals surface area (Å²) in [5.74, 6) is 0. The Morgan fingerprint density at radius 2 is 0.843 bits per heavy atom. The Morgan fingerprint density at radius 3 is 1.26 bits per heavy atom. The third-order valence-corrected chi connectivity index (χ3v) is 19.0. The van der Waals surface area contributed by atoms with Gasteiger partial charge in [-0.3, -0.25) is 0 Å². The topological polar surface area (TPSA) is 226 Å². The van der Waals surface area contributed by atoms with E-state index >= 15 is 0 Å². The summed E-state index contributed by atoms with van der Waals surface area (Å²) in [6.07, 6.45) is 10.4. The van der Waals surface area contributed by atoms with Crippen LogP contribution in [0.5, 0.6) is 0 Å². The van der Waals surface area contributed by atoms with Crippen molar-refractivity contribution in [3.05, 3.63) is 0 Å². The van der Waals surface area contributed by atoms with Crippen molar-refractivity contribution in [2.45, 2.75) is 185 Å². The zero-order chi connectivity index (χ0) is 52.2. The van der Waals surface area contributed by atoms with Crippen LogP contribution in [0.2, 0.25) is 6.04 Å². The largest absolute Gasteiger partial charge is 0.515 e. The highest BCUT2D eigenvalue weighted by molar-refractivity contribution is 6.61. The summed E-state index contributed by atoms with van der Waals surface area (Å²) in [6.45, 7) is 30.5. The van der Waals surface area contributed by atoms with E-state index < -0.39 is 36.6 Å². The molecule has 4 unspecified atom stereocenters. The van der Waals surface area contributed by atoms with E-state index in [0.29, 0.717) is 84.5 Å². The maximum atomic E-state index is 13.0. The van der Waals surface area contributed by atoms with E-state index in [1.165, 1.54) is 0 Å². The fourth-order valence-corrected chi connectivity index (χ4v) is 16.1. The van der Waals surface area contributed by atoms with Gasteiger partial charge in [-0.1, -0.05) is 54.4 Å². The molecular weight excluding hydrogens is 935 g/mol. The normalized spacial score (nSPS) is 22.1. The Labute approximate surface area is 424 Å². The number of carbonyl (C=O) groups is 4. The van der Waals surface area contributed by atoms with Crippen LogP contribution in [-0.2, 0) is 36.0 Å². The number of hydrogen-bond donors (Lipinski definition) is 7. The maximum absolute atomic E-state index is 13.0. The predicted octanol–water partition coefficient (Wildman–Crippen LogP) is 8.12. The van der Waals surface area contributed by atoms with Crippen LogP contribution in [-0.4, -0.2) is 139 Å². The lowest BCUT2D eigenvalue weighted by Crippen LogP contribution is -2.54. The minimum Gasteiger partial charge on any atom is -0.412 e. The molecule has 0 heterocycles. The van der Waals surface area contributed by atoms with Crippen molar-refractivity contribution in [1.82, 2.24) is 37.2 Å². The van der Waals surface area contributed by atoms with Crippen molar-refractivity contribution in [2.24, 2.45) is 21.7 Å². The second-order valence-electron chi connectivity index (χ2n) is 21.3. The molecule has 0 aromatic carbocycles. The average Bonchev–Trinajstić information content (AvgIpc) is 3.23. The van der Waals surface area contributed by atoms with Crippen LogP contribution in [0.3, 0.4) is 0 Å². The molecule has 2 rings (SSSR count). The molecule has 21 heteroatoms. The molecule has 7 N–H and O–H groups in total. The van der Waals surface area contributed by atoms with E-state index in [1.54, 1.807) is 0 Å². The van der Waals surface area contributed by atoms with Crippen LogP contribution in [0.25, 0.3) is 0 Å². The summed E-state index contributed by atoms with van der Waals surface area (Å²) in [5.41, 5.74) is -0.355. The fraction of sp³-hybridized carbons (Fsp3) is 0.918. The number of amides is 6. The molecule has 19 nitrogen and oxygen atoms in total. The lowest BCUT2D eigenvalue weighted by molar-refractivity contribution is 0.0106. The number of nitrogens with one attached hydrogen (secondary N) is 7. The van der Waals surface area contributed by atoms with Crippen LogP contribution in [0.1, 0.15) is 167 Å². The molecule has 2 saturated carbocycles. The van der Waals surface area contributed by atoms with Crippen LogP contribution in [0.15, 0.2) is 0 Å². The van der Waals surface area contributed by atoms with Gasteiger partial charge in [0.05, 0.1) is 6.17 Å². The second-order valence-corrected chi connectivity index (χ2v) is 26.6. The average molecular weight is 1030 g/mol. The third-order valence-electron chi connectivity index (χ3n) is 13.0. The lowest BCUT2D eigenvalue weighted by atomic mass is 9.61. The van der Waals surface area contributed by atoms with Crippen LogP contribution >= 0.6 is 0 Å². The van der Waals surface area contributed by atoms with E-state index in [1.807, 2.05) is 41.5 Å². The highest BCUT2D eigenvalue weighted by atomic mass is 28.4. The van der Waals surface area contributed by atoms with Crippen molar-refractivity contribution >= 4 is 41.9 Å². The third kappa shape index (κ3) is 25.8. The number of alkyl carbamates (subject to hydrolysis) is 2. The first-order valence-corrected chi connectivity index (χ1v) is 30.4. The van der Waals surface area contributed by atoms with Crippen LogP contribution in [0.4, 0.5) is 19.2 Å². The van der Waals surface area contributed by atoms with Crippen molar-refractivity contribution in [2.75, 3.05) is 85.3 Å². The van der Waals surface area contributed by atoms with Crippen LogP contribution < -0.4 is 37.2 Å². The number of rotatable bonds is 35. The zero-order valence-electron chi connectivity index (χ0n) is 45.6. The zero-order valence-corrected chi connectivity index (χ0v) is 47.6. The summed E-state index contributed by atoms with van der Waals surface area (Å²) < 4.78 is 46.1. The number of urea groups is 2. The first-order chi connectivity index (χ1) is 33.1. The molecular formula is C49H99N7O12Si2. The molecule has 2 aliphatic carbocycles. The fourth-order valence-electron chi connectivity index (χ4n) is 11.1. The lowest BCUT2D eigenvalue weighted by Gasteiger charge is -2.47. The van der Waals surface area contributed by atoms with Gasteiger partial charge >= 0.3 is 41.9 Å². The van der Waals surface area contributed by atoms with E-state index in [2.05, 4.69) is 78.8 Å². The quantitative estimate of drug-likeness (QED) is 0.0181. The number of ether oxygens (including phenoxy) is 2. The van der Waals surface area contributed by atoms with Gasteiger partial charge in [0, 0.05) is 83.9 Å². The Bertz CT molecular complexity index is 1490. The Kier molecular flexibility index (Phi) is 29.3. The molecule has 70 heavy (non-hydrogen) atoms. The van der Waals surface area contributed by atoms with Crippen molar-refractivity contribution in [3.8, 4) is 0 Å². The Balaban J connectivity index is 1.69. The van der Waals surface area contributed by atoms with Gasteiger partial charge in [0.25, 0.3) is 0 Å². The molecule has 0 aromatic rings. The van der Waals surface area contributed by atoms with E-state index in [4.69, 9.17) is 36.0 Å². The molecule has 0 aliphatic heterocycles. The van der Waals surface area contributed by atoms with Crippen molar-refractivity contribution < 1.29 is 55.2 Å². The molecule has 410 valence electrons. The summed E-state index contributed by atoms with van der Waals surface area (Å²) >= 11 is 0. The Hall–Kier alpha value is -2.77. The minimum absolute atomic E-state index is 0.0433. The van der Waals surface area contributed by atoms with Gasteiger partial charge in [0.2, 0.25) is 6.79 Å².